The van der Waals surface area contributed by atoms with Crippen molar-refractivity contribution in [3.63, 3.8) is 0 Å². The van der Waals surface area contributed by atoms with Gasteiger partial charge in [0.05, 0.1) is 12.3 Å². The molecule has 1 saturated heterocycles. The van der Waals surface area contributed by atoms with E-state index in [-0.39, 0.29) is 0 Å². The maximum atomic E-state index is 5.60. The highest BCUT2D eigenvalue weighted by Crippen LogP contribution is 2.12. The summed E-state index contributed by atoms with van der Waals surface area (Å²) in [6, 6.07) is 4.17. The molecule has 2 heterocycles. The number of nitrogens with one attached hydrogen (secondary N) is 1. The van der Waals surface area contributed by atoms with Crippen LogP contribution >= 0.6 is 0 Å². The first-order valence-corrected chi connectivity index (χ1v) is 5.17. The number of hydrogen-bond acceptors (Lipinski definition) is 4. The fraction of sp³-hybridized carbons (Fsp3) is 0.545. The Morgan fingerprint density at radius 3 is 3.20 bits per heavy atom. The highest BCUT2D eigenvalue weighted by molar-refractivity contribution is 5.15. The van der Waals surface area contributed by atoms with E-state index in [1.165, 1.54) is 0 Å². The summed E-state index contributed by atoms with van der Waals surface area (Å²) < 4.78 is 10.9. The minimum absolute atomic E-state index is 0.326. The number of methoxy groups -OCH3 is 1. The van der Waals surface area contributed by atoms with E-state index in [4.69, 9.17) is 9.47 Å². The molecule has 1 aromatic rings. The molecule has 2 atom stereocenters. The summed E-state index contributed by atoms with van der Waals surface area (Å²) in [4.78, 5) is 3.99. The van der Waals surface area contributed by atoms with Gasteiger partial charge in [-0.05, 0) is 18.6 Å². The Morgan fingerprint density at radius 2 is 2.53 bits per heavy atom. The van der Waals surface area contributed by atoms with E-state index in [9.17, 15) is 0 Å². The molecule has 0 aromatic carbocycles. The molecular weight excluding hydrogens is 192 g/mol. The Kier molecular flexibility index (Phi) is 3.53. The van der Waals surface area contributed by atoms with Gasteiger partial charge in [0.25, 0.3) is 0 Å². The number of aromatic nitrogens is 1. The molecule has 0 amide bonds. The van der Waals surface area contributed by atoms with Crippen LogP contribution in [0.2, 0.25) is 0 Å². The van der Waals surface area contributed by atoms with Gasteiger partial charge < -0.3 is 14.8 Å². The van der Waals surface area contributed by atoms with Gasteiger partial charge in [0, 0.05) is 25.9 Å². The van der Waals surface area contributed by atoms with Crippen LogP contribution < -0.4 is 10.1 Å². The second-order valence-electron chi connectivity index (χ2n) is 3.70. The Balaban J connectivity index is 1.75. The SMILES string of the molecule is CO[C@H]1CN[C@@H](COc2cccnc2)C1. The van der Waals surface area contributed by atoms with Gasteiger partial charge in [-0.15, -0.1) is 0 Å². The molecule has 0 bridgehead atoms. The number of rotatable bonds is 4. The third kappa shape index (κ3) is 2.91. The maximum absolute atomic E-state index is 5.60. The molecular formula is C11H16N2O2. The quantitative estimate of drug-likeness (QED) is 0.796. The van der Waals surface area contributed by atoms with Crippen LogP contribution in [0.3, 0.4) is 0 Å². The molecule has 0 aliphatic carbocycles. The summed E-state index contributed by atoms with van der Waals surface area (Å²) in [5.74, 6) is 0.820. The molecule has 0 radical (unpaired) electrons. The van der Waals surface area contributed by atoms with Crippen LogP contribution in [-0.4, -0.2) is 37.4 Å². The van der Waals surface area contributed by atoms with Crippen molar-refractivity contribution < 1.29 is 9.47 Å². The monoisotopic (exact) mass is 208 g/mol. The highest BCUT2D eigenvalue weighted by Gasteiger charge is 2.23. The summed E-state index contributed by atoms with van der Waals surface area (Å²) in [6.07, 6.45) is 4.80. The summed E-state index contributed by atoms with van der Waals surface area (Å²) in [5, 5.41) is 3.36. The second kappa shape index (κ2) is 5.09. The molecule has 1 N–H and O–H groups in total. The second-order valence-corrected chi connectivity index (χ2v) is 3.70. The molecule has 82 valence electrons. The van der Waals surface area contributed by atoms with Crippen LogP contribution in [0.1, 0.15) is 6.42 Å². The lowest BCUT2D eigenvalue weighted by Crippen LogP contribution is -2.28. The van der Waals surface area contributed by atoms with E-state index < -0.39 is 0 Å². The van der Waals surface area contributed by atoms with Gasteiger partial charge in [0.2, 0.25) is 0 Å². The first-order valence-electron chi connectivity index (χ1n) is 5.17. The van der Waals surface area contributed by atoms with Crippen molar-refractivity contribution in [3.8, 4) is 5.75 Å². The normalized spacial score (nSPS) is 25.4. The Bertz CT molecular complexity index is 292. The van der Waals surface area contributed by atoms with E-state index in [0.29, 0.717) is 18.8 Å². The molecule has 4 nitrogen and oxygen atoms in total. The molecule has 1 fully saturated rings. The fourth-order valence-electron chi connectivity index (χ4n) is 1.72. The average Bonchev–Trinajstić information content (AvgIpc) is 2.76. The van der Waals surface area contributed by atoms with E-state index in [1.807, 2.05) is 12.1 Å². The molecule has 1 aliphatic rings. The molecule has 2 rings (SSSR count). The van der Waals surface area contributed by atoms with Crippen molar-refractivity contribution in [3.05, 3.63) is 24.5 Å². The predicted molar refractivity (Wildman–Crippen MR) is 56.9 cm³/mol. The van der Waals surface area contributed by atoms with Crippen molar-refractivity contribution >= 4 is 0 Å². The molecule has 1 aromatic heterocycles. The summed E-state index contributed by atoms with van der Waals surface area (Å²) in [7, 11) is 1.75. The van der Waals surface area contributed by atoms with Gasteiger partial charge in [-0.2, -0.15) is 0 Å². The van der Waals surface area contributed by atoms with Gasteiger partial charge in [-0.25, -0.2) is 0 Å². The Labute approximate surface area is 89.6 Å². The van der Waals surface area contributed by atoms with E-state index in [1.54, 1.807) is 19.5 Å². The maximum Gasteiger partial charge on any atom is 0.137 e. The first kappa shape index (κ1) is 10.4. The minimum Gasteiger partial charge on any atom is -0.490 e. The van der Waals surface area contributed by atoms with Crippen molar-refractivity contribution in [2.24, 2.45) is 0 Å². The average molecular weight is 208 g/mol. The number of hydrogen-bond donors (Lipinski definition) is 1. The van der Waals surface area contributed by atoms with Crippen molar-refractivity contribution in [2.75, 3.05) is 20.3 Å². The molecule has 0 saturated carbocycles. The van der Waals surface area contributed by atoms with Gasteiger partial charge in [0.1, 0.15) is 12.4 Å². The van der Waals surface area contributed by atoms with Crippen LogP contribution in [-0.2, 0) is 4.74 Å². The largest absolute Gasteiger partial charge is 0.490 e. The lowest BCUT2D eigenvalue weighted by Gasteiger charge is -2.11. The smallest absolute Gasteiger partial charge is 0.137 e. The predicted octanol–water partition coefficient (Wildman–Crippen LogP) is 0.837. The van der Waals surface area contributed by atoms with Gasteiger partial charge in [-0.3, -0.25) is 4.98 Å². The van der Waals surface area contributed by atoms with Crippen LogP contribution in [0.15, 0.2) is 24.5 Å². The fourth-order valence-corrected chi connectivity index (χ4v) is 1.72. The molecule has 0 unspecified atom stereocenters. The summed E-state index contributed by atoms with van der Waals surface area (Å²) >= 11 is 0. The van der Waals surface area contributed by atoms with Gasteiger partial charge in [0.15, 0.2) is 0 Å². The van der Waals surface area contributed by atoms with Crippen molar-refractivity contribution in [1.82, 2.24) is 10.3 Å². The third-order valence-electron chi connectivity index (χ3n) is 2.60. The van der Waals surface area contributed by atoms with E-state index in [0.717, 1.165) is 18.7 Å². The zero-order chi connectivity index (χ0) is 10.5. The zero-order valence-corrected chi connectivity index (χ0v) is 8.85. The number of ether oxygens (including phenoxy) is 2. The first-order chi connectivity index (χ1) is 7.38. The summed E-state index contributed by atoms with van der Waals surface area (Å²) in [6.45, 7) is 1.59. The van der Waals surface area contributed by atoms with E-state index >= 15 is 0 Å². The Hall–Kier alpha value is -1.13. The highest BCUT2D eigenvalue weighted by atomic mass is 16.5. The third-order valence-corrected chi connectivity index (χ3v) is 2.60. The summed E-state index contributed by atoms with van der Waals surface area (Å²) in [5.41, 5.74) is 0. The zero-order valence-electron chi connectivity index (χ0n) is 8.85. The molecule has 0 spiro atoms. The van der Waals surface area contributed by atoms with Gasteiger partial charge in [-0.1, -0.05) is 0 Å². The molecule has 15 heavy (non-hydrogen) atoms. The molecule has 4 heteroatoms. The van der Waals surface area contributed by atoms with Gasteiger partial charge >= 0.3 is 0 Å². The van der Waals surface area contributed by atoms with E-state index in [2.05, 4.69) is 10.3 Å². The van der Waals surface area contributed by atoms with Crippen LogP contribution in [0.4, 0.5) is 0 Å². The lowest BCUT2D eigenvalue weighted by atomic mass is 10.2. The Morgan fingerprint density at radius 1 is 1.60 bits per heavy atom. The van der Waals surface area contributed by atoms with Crippen LogP contribution in [0.25, 0.3) is 0 Å². The topological polar surface area (TPSA) is 43.4 Å². The number of nitrogens with zero attached hydrogens (tertiary/aromatic N) is 1. The minimum atomic E-state index is 0.326. The van der Waals surface area contributed by atoms with Crippen LogP contribution in [0, 0.1) is 0 Å². The molecule has 1 aliphatic heterocycles. The van der Waals surface area contributed by atoms with Crippen molar-refractivity contribution in [1.29, 1.82) is 0 Å². The number of pyridine rings is 1. The lowest BCUT2D eigenvalue weighted by molar-refractivity contribution is 0.115. The van der Waals surface area contributed by atoms with Crippen molar-refractivity contribution in [2.45, 2.75) is 18.6 Å². The standard InChI is InChI=1S/C11H16N2O2/c1-14-11-5-9(13-7-11)8-15-10-3-2-4-12-6-10/h2-4,6,9,11,13H,5,7-8H2,1H3/t9-,11-/m1/s1. The van der Waals surface area contributed by atoms with Crippen LogP contribution in [0.5, 0.6) is 5.75 Å².